The highest BCUT2D eigenvalue weighted by atomic mass is 35.5. The lowest BCUT2D eigenvalue weighted by molar-refractivity contribution is -0.0124. The van der Waals surface area contributed by atoms with Gasteiger partial charge in [-0.3, -0.25) is 0 Å². The van der Waals surface area contributed by atoms with Gasteiger partial charge in [-0.1, -0.05) is 0 Å². The first-order valence-corrected chi connectivity index (χ1v) is 5.07. The van der Waals surface area contributed by atoms with Gasteiger partial charge in [-0.25, -0.2) is 0 Å². The van der Waals surface area contributed by atoms with Crippen molar-refractivity contribution in [2.75, 3.05) is 25.5 Å². The van der Waals surface area contributed by atoms with Gasteiger partial charge in [-0.05, 0) is 13.3 Å². The molecule has 0 aromatic rings. The van der Waals surface area contributed by atoms with Crippen molar-refractivity contribution in [1.29, 1.82) is 0 Å². The summed E-state index contributed by atoms with van der Waals surface area (Å²) in [5.41, 5.74) is 0. The van der Waals surface area contributed by atoms with E-state index in [1.165, 1.54) is 0 Å². The summed E-state index contributed by atoms with van der Waals surface area (Å²) in [5, 5.41) is 0. The molecule has 0 radical (unpaired) electrons. The van der Waals surface area contributed by atoms with Gasteiger partial charge in [0, 0.05) is 13.0 Å². The molecule has 2 atom stereocenters. The molecular weight excluding hydrogens is 199 g/mol. The average Bonchev–Trinajstić information content (AvgIpc) is 2.07. The Morgan fingerprint density at radius 3 is 2.42 bits per heavy atom. The summed E-state index contributed by atoms with van der Waals surface area (Å²) in [7, 11) is 1.63. The van der Waals surface area contributed by atoms with Crippen molar-refractivity contribution in [2.24, 2.45) is 0 Å². The van der Waals surface area contributed by atoms with E-state index in [1.807, 2.05) is 6.92 Å². The van der Waals surface area contributed by atoms with Crippen LogP contribution in [0.4, 0.5) is 0 Å². The van der Waals surface area contributed by atoms with Gasteiger partial charge in [0.05, 0.1) is 24.7 Å². The Bertz CT molecular complexity index is 97.1. The highest BCUT2D eigenvalue weighted by Gasteiger charge is 2.08. The number of hydrogen-bond donors (Lipinski definition) is 0. The van der Waals surface area contributed by atoms with Crippen LogP contribution in [0.5, 0.6) is 0 Å². The monoisotopic (exact) mass is 214 g/mol. The SMILES string of the molecule is COC(CCl)COC(C)CCCl. The van der Waals surface area contributed by atoms with E-state index in [1.54, 1.807) is 7.11 Å². The van der Waals surface area contributed by atoms with Crippen LogP contribution in [0.1, 0.15) is 13.3 Å². The molecule has 0 bridgehead atoms. The summed E-state index contributed by atoms with van der Waals surface area (Å²) in [4.78, 5) is 0. The van der Waals surface area contributed by atoms with Crippen LogP contribution in [-0.4, -0.2) is 37.7 Å². The number of methoxy groups -OCH3 is 1. The second kappa shape index (κ2) is 8.11. The standard InChI is InChI=1S/C8H16Cl2O2/c1-7(3-4-9)12-6-8(5-10)11-2/h7-8H,3-6H2,1-2H3. The highest BCUT2D eigenvalue weighted by molar-refractivity contribution is 6.18. The second-order valence-electron chi connectivity index (χ2n) is 2.63. The fraction of sp³-hybridized carbons (Fsp3) is 1.00. The molecule has 0 aliphatic rings. The Morgan fingerprint density at radius 2 is 2.00 bits per heavy atom. The first-order chi connectivity index (χ1) is 5.74. The maximum Gasteiger partial charge on any atom is 0.0939 e. The van der Waals surface area contributed by atoms with E-state index in [4.69, 9.17) is 32.7 Å². The third-order valence-electron chi connectivity index (χ3n) is 1.59. The van der Waals surface area contributed by atoms with Crippen LogP contribution in [-0.2, 0) is 9.47 Å². The Kier molecular flexibility index (Phi) is 8.45. The van der Waals surface area contributed by atoms with Gasteiger partial charge in [0.25, 0.3) is 0 Å². The number of rotatable bonds is 7. The molecule has 4 heteroatoms. The molecule has 0 N–H and O–H groups in total. The van der Waals surface area contributed by atoms with Gasteiger partial charge < -0.3 is 9.47 Å². The molecule has 0 saturated heterocycles. The minimum atomic E-state index is -0.00978. The zero-order valence-electron chi connectivity index (χ0n) is 7.56. The first kappa shape index (κ1) is 12.5. The van der Waals surface area contributed by atoms with Crippen LogP contribution in [0.3, 0.4) is 0 Å². The number of halogens is 2. The van der Waals surface area contributed by atoms with Gasteiger partial charge in [0.1, 0.15) is 0 Å². The van der Waals surface area contributed by atoms with Crippen LogP contribution in [0.15, 0.2) is 0 Å². The molecule has 0 aliphatic heterocycles. The molecule has 2 nitrogen and oxygen atoms in total. The molecule has 12 heavy (non-hydrogen) atoms. The third-order valence-corrected chi connectivity index (χ3v) is 2.15. The molecule has 0 aliphatic carbocycles. The normalized spacial score (nSPS) is 16.0. The van der Waals surface area contributed by atoms with E-state index in [9.17, 15) is 0 Å². The van der Waals surface area contributed by atoms with Crippen LogP contribution >= 0.6 is 23.2 Å². The van der Waals surface area contributed by atoms with E-state index in [0.717, 1.165) is 6.42 Å². The van der Waals surface area contributed by atoms with Crippen molar-refractivity contribution in [3.8, 4) is 0 Å². The predicted octanol–water partition coefficient (Wildman–Crippen LogP) is 2.27. The first-order valence-electron chi connectivity index (χ1n) is 4.00. The van der Waals surface area contributed by atoms with Crippen molar-refractivity contribution in [3.05, 3.63) is 0 Å². The molecule has 0 spiro atoms. The van der Waals surface area contributed by atoms with E-state index in [0.29, 0.717) is 18.4 Å². The number of hydrogen-bond acceptors (Lipinski definition) is 2. The van der Waals surface area contributed by atoms with Crippen LogP contribution in [0.2, 0.25) is 0 Å². The van der Waals surface area contributed by atoms with Gasteiger partial charge in [0.2, 0.25) is 0 Å². The second-order valence-corrected chi connectivity index (χ2v) is 3.32. The fourth-order valence-electron chi connectivity index (χ4n) is 0.684. The topological polar surface area (TPSA) is 18.5 Å². The summed E-state index contributed by atoms with van der Waals surface area (Å²) >= 11 is 11.1. The molecule has 0 saturated carbocycles. The zero-order valence-corrected chi connectivity index (χ0v) is 9.07. The minimum absolute atomic E-state index is 0.00978. The lowest BCUT2D eigenvalue weighted by Gasteiger charge is -2.16. The average molecular weight is 215 g/mol. The Hall–Kier alpha value is 0.500. The van der Waals surface area contributed by atoms with E-state index < -0.39 is 0 Å². The van der Waals surface area contributed by atoms with Gasteiger partial charge in [-0.2, -0.15) is 0 Å². The quantitative estimate of drug-likeness (QED) is 0.606. The van der Waals surface area contributed by atoms with Crippen molar-refractivity contribution in [3.63, 3.8) is 0 Å². The molecule has 0 heterocycles. The third kappa shape index (κ3) is 6.06. The van der Waals surface area contributed by atoms with Crippen LogP contribution in [0.25, 0.3) is 0 Å². The Balaban J connectivity index is 3.37. The molecule has 0 fully saturated rings. The minimum Gasteiger partial charge on any atom is -0.378 e. The summed E-state index contributed by atoms with van der Waals surface area (Å²) in [6.07, 6.45) is 1.04. The van der Waals surface area contributed by atoms with E-state index in [-0.39, 0.29) is 12.2 Å². The summed E-state index contributed by atoms with van der Waals surface area (Å²) < 4.78 is 10.5. The summed E-state index contributed by atoms with van der Waals surface area (Å²) in [5.74, 6) is 1.09. The van der Waals surface area contributed by atoms with Crippen molar-refractivity contribution in [1.82, 2.24) is 0 Å². The molecule has 0 amide bonds. The summed E-state index contributed by atoms with van der Waals surface area (Å²) in [6.45, 7) is 2.53. The number of ether oxygens (including phenoxy) is 2. The lowest BCUT2D eigenvalue weighted by Crippen LogP contribution is -2.23. The van der Waals surface area contributed by atoms with Crippen molar-refractivity contribution >= 4 is 23.2 Å². The molecule has 74 valence electrons. The van der Waals surface area contributed by atoms with Crippen LogP contribution < -0.4 is 0 Å². The highest BCUT2D eigenvalue weighted by Crippen LogP contribution is 2.02. The maximum atomic E-state index is 5.60. The summed E-state index contributed by atoms with van der Waals surface area (Å²) in [6, 6.07) is 0. The smallest absolute Gasteiger partial charge is 0.0939 e. The maximum absolute atomic E-state index is 5.60. The molecule has 0 rings (SSSR count). The van der Waals surface area contributed by atoms with E-state index in [2.05, 4.69) is 0 Å². The van der Waals surface area contributed by atoms with E-state index >= 15 is 0 Å². The Morgan fingerprint density at radius 1 is 1.33 bits per heavy atom. The largest absolute Gasteiger partial charge is 0.378 e. The van der Waals surface area contributed by atoms with Crippen molar-refractivity contribution < 1.29 is 9.47 Å². The van der Waals surface area contributed by atoms with Gasteiger partial charge >= 0.3 is 0 Å². The molecule has 0 aromatic heterocycles. The molecular formula is C8H16Cl2O2. The predicted molar refractivity (Wildman–Crippen MR) is 52.3 cm³/mol. The molecule has 2 unspecified atom stereocenters. The van der Waals surface area contributed by atoms with Crippen LogP contribution in [0, 0.1) is 0 Å². The lowest BCUT2D eigenvalue weighted by atomic mass is 10.3. The van der Waals surface area contributed by atoms with Crippen molar-refractivity contribution in [2.45, 2.75) is 25.6 Å². The van der Waals surface area contributed by atoms with Gasteiger partial charge in [-0.15, -0.1) is 23.2 Å². The zero-order chi connectivity index (χ0) is 9.40. The number of alkyl halides is 2. The molecule has 0 aromatic carbocycles. The fourth-order valence-corrected chi connectivity index (χ4v) is 1.21. The van der Waals surface area contributed by atoms with Gasteiger partial charge in [0.15, 0.2) is 0 Å². The Labute approximate surface area is 84.1 Å².